The van der Waals surface area contributed by atoms with Crippen LogP contribution in [0.2, 0.25) is 0 Å². The highest BCUT2D eigenvalue weighted by Crippen LogP contribution is 2.41. The Morgan fingerprint density at radius 2 is 2.15 bits per heavy atom. The summed E-state index contributed by atoms with van der Waals surface area (Å²) in [6.45, 7) is 7.28. The quantitative estimate of drug-likeness (QED) is 0.735. The van der Waals surface area contributed by atoms with E-state index in [4.69, 9.17) is 4.74 Å². The minimum absolute atomic E-state index is 0.219. The van der Waals surface area contributed by atoms with E-state index in [9.17, 15) is 9.90 Å². The van der Waals surface area contributed by atoms with Gasteiger partial charge in [0.2, 0.25) is 0 Å². The highest BCUT2D eigenvalue weighted by molar-refractivity contribution is 5.80. The molecule has 0 bridgehead atoms. The molecule has 116 valence electrons. The molecule has 1 aliphatic heterocycles. The molecule has 3 atom stereocenters. The SMILES string of the molecule is CCNC(CN1CCC(C)C(OC)C1)(C(=O)O)C1CC1. The number of nitrogens with zero attached hydrogens (tertiary/aromatic N) is 1. The second-order valence-electron chi connectivity index (χ2n) is 6.36. The van der Waals surface area contributed by atoms with Crippen LogP contribution in [0.3, 0.4) is 0 Å². The molecule has 0 aromatic carbocycles. The number of carboxylic acids is 1. The Morgan fingerprint density at radius 3 is 2.65 bits per heavy atom. The standard InChI is InChI=1S/C15H28N2O3/c1-4-16-15(14(18)19,12-5-6-12)10-17-8-7-11(2)13(9-17)20-3/h11-13,16H,4-10H2,1-3H3,(H,18,19). The van der Waals surface area contributed by atoms with Crippen LogP contribution in [0.1, 0.15) is 33.1 Å². The number of rotatable bonds is 7. The Hall–Kier alpha value is -0.650. The molecule has 0 aromatic rings. The van der Waals surface area contributed by atoms with Gasteiger partial charge in [-0.2, -0.15) is 0 Å². The predicted octanol–water partition coefficient (Wildman–Crippen LogP) is 1.19. The average molecular weight is 284 g/mol. The summed E-state index contributed by atoms with van der Waals surface area (Å²) in [5.41, 5.74) is -0.770. The lowest BCUT2D eigenvalue weighted by Crippen LogP contribution is -2.62. The molecule has 20 heavy (non-hydrogen) atoms. The molecular formula is C15H28N2O3. The van der Waals surface area contributed by atoms with E-state index < -0.39 is 11.5 Å². The maximum atomic E-state index is 11.9. The van der Waals surface area contributed by atoms with E-state index in [0.29, 0.717) is 19.0 Å². The molecule has 1 aliphatic carbocycles. The van der Waals surface area contributed by atoms with E-state index in [1.54, 1.807) is 7.11 Å². The fourth-order valence-corrected chi connectivity index (χ4v) is 3.44. The van der Waals surface area contributed by atoms with Crippen molar-refractivity contribution in [3.8, 4) is 0 Å². The van der Waals surface area contributed by atoms with Gasteiger partial charge in [-0.3, -0.25) is 9.69 Å². The molecule has 2 N–H and O–H groups in total. The summed E-state index contributed by atoms with van der Waals surface area (Å²) in [5.74, 6) is 0.130. The van der Waals surface area contributed by atoms with Gasteiger partial charge in [-0.15, -0.1) is 0 Å². The molecule has 0 radical (unpaired) electrons. The lowest BCUT2D eigenvalue weighted by Gasteiger charge is -2.41. The molecular weight excluding hydrogens is 256 g/mol. The Bertz CT molecular complexity index is 346. The van der Waals surface area contributed by atoms with Gasteiger partial charge in [0.15, 0.2) is 0 Å². The lowest BCUT2D eigenvalue weighted by molar-refractivity contribution is -0.147. The van der Waals surface area contributed by atoms with Crippen LogP contribution in [0.25, 0.3) is 0 Å². The predicted molar refractivity (Wildman–Crippen MR) is 77.8 cm³/mol. The third-order valence-corrected chi connectivity index (χ3v) is 4.90. The molecule has 0 aromatic heterocycles. The van der Waals surface area contributed by atoms with Crippen molar-refractivity contribution in [2.24, 2.45) is 11.8 Å². The van der Waals surface area contributed by atoms with Crippen LogP contribution in [0.15, 0.2) is 0 Å². The second-order valence-corrected chi connectivity index (χ2v) is 6.36. The maximum Gasteiger partial charge on any atom is 0.325 e. The Kier molecular flexibility index (Phi) is 5.04. The van der Waals surface area contributed by atoms with Gasteiger partial charge < -0.3 is 15.2 Å². The van der Waals surface area contributed by atoms with Gasteiger partial charge in [0.1, 0.15) is 5.54 Å². The second kappa shape index (κ2) is 6.41. The number of hydrogen-bond acceptors (Lipinski definition) is 4. The maximum absolute atomic E-state index is 11.9. The van der Waals surface area contributed by atoms with Crippen molar-refractivity contribution in [1.82, 2.24) is 10.2 Å². The molecule has 2 aliphatic rings. The molecule has 5 nitrogen and oxygen atoms in total. The Morgan fingerprint density at radius 1 is 1.45 bits per heavy atom. The molecule has 0 spiro atoms. The number of ether oxygens (including phenoxy) is 1. The van der Waals surface area contributed by atoms with Gasteiger partial charge in [-0.05, 0) is 44.2 Å². The third kappa shape index (κ3) is 3.15. The molecule has 3 unspecified atom stereocenters. The van der Waals surface area contributed by atoms with Gasteiger partial charge in [0, 0.05) is 20.2 Å². The Labute approximate surface area is 121 Å². The number of likely N-dealkylation sites (tertiary alicyclic amines) is 1. The summed E-state index contributed by atoms with van der Waals surface area (Å²) in [6.07, 6.45) is 3.34. The minimum atomic E-state index is -0.770. The molecule has 1 heterocycles. The third-order valence-electron chi connectivity index (χ3n) is 4.90. The van der Waals surface area contributed by atoms with Crippen molar-refractivity contribution in [1.29, 1.82) is 0 Å². The summed E-state index contributed by atoms with van der Waals surface area (Å²) in [5, 5.41) is 13.0. The first-order chi connectivity index (χ1) is 9.53. The average Bonchev–Trinajstić information content (AvgIpc) is 3.24. The zero-order valence-corrected chi connectivity index (χ0v) is 12.9. The van der Waals surface area contributed by atoms with Crippen LogP contribution in [-0.4, -0.2) is 60.9 Å². The fraction of sp³-hybridized carbons (Fsp3) is 0.933. The van der Waals surface area contributed by atoms with E-state index in [2.05, 4.69) is 17.1 Å². The molecule has 1 saturated heterocycles. The minimum Gasteiger partial charge on any atom is -0.480 e. The summed E-state index contributed by atoms with van der Waals surface area (Å²) in [7, 11) is 1.75. The summed E-state index contributed by atoms with van der Waals surface area (Å²) >= 11 is 0. The number of likely N-dealkylation sites (N-methyl/N-ethyl adjacent to an activating group) is 1. The number of aliphatic carboxylic acids is 1. The summed E-state index contributed by atoms with van der Waals surface area (Å²) < 4.78 is 5.54. The van der Waals surface area contributed by atoms with Gasteiger partial charge in [0.25, 0.3) is 0 Å². The number of methoxy groups -OCH3 is 1. The number of piperidine rings is 1. The Balaban J connectivity index is 2.06. The number of nitrogens with one attached hydrogen (secondary N) is 1. The topological polar surface area (TPSA) is 61.8 Å². The van der Waals surface area contributed by atoms with Crippen molar-refractivity contribution >= 4 is 5.97 Å². The monoisotopic (exact) mass is 284 g/mol. The van der Waals surface area contributed by atoms with Crippen LogP contribution in [0.5, 0.6) is 0 Å². The van der Waals surface area contributed by atoms with E-state index in [1.807, 2.05) is 6.92 Å². The summed E-state index contributed by atoms with van der Waals surface area (Å²) in [4.78, 5) is 14.1. The first-order valence-corrected chi connectivity index (χ1v) is 7.77. The smallest absolute Gasteiger partial charge is 0.325 e. The van der Waals surface area contributed by atoms with Crippen molar-refractivity contribution in [3.05, 3.63) is 0 Å². The van der Waals surface area contributed by atoms with Crippen LogP contribution in [-0.2, 0) is 9.53 Å². The zero-order valence-electron chi connectivity index (χ0n) is 12.9. The molecule has 1 saturated carbocycles. The highest BCUT2D eigenvalue weighted by Gasteiger charge is 2.52. The number of hydrogen-bond donors (Lipinski definition) is 2. The van der Waals surface area contributed by atoms with E-state index in [1.165, 1.54) is 0 Å². The van der Waals surface area contributed by atoms with Crippen molar-refractivity contribution in [2.75, 3.05) is 33.3 Å². The van der Waals surface area contributed by atoms with Crippen LogP contribution in [0.4, 0.5) is 0 Å². The summed E-state index contributed by atoms with van der Waals surface area (Å²) in [6, 6.07) is 0. The molecule has 2 fully saturated rings. The molecule has 5 heteroatoms. The van der Waals surface area contributed by atoms with Gasteiger partial charge in [0.05, 0.1) is 6.10 Å². The van der Waals surface area contributed by atoms with Crippen molar-refractivity contribution in [3.63, 3.8) is 0 Å². The first-order valence-electron chi connectivity index (χ1n) is 7.77. The number of carboxylic acid groups (broad SMARTS) is 1. The highest BCUT2D eigenvalue weighted by atomic mass is 16.5. The number of carbonyl (C=O) groups is 1. The normalized spacial score (nSPS) is 30.9. The van der Waals surface area contributed by atoms with Gasteiger partial charge in [-0.1, -0.05) is 13.8 Å². The van der Waals surface area contributed by atoms with Crippen LogP contribution in [0, 0.1) is 11.8 Å². The van der Waals surface area contributed by atoms with Gasteiger partial charge >= 0.3 is 5.97 Å². The largest absolute Gasteiger partial charge is 0.480 e. The first kappa shape index (κ1) is 15.7. The zero-order chi connectivity index (χ0) is 14.8. The van der Waals surface area contributed by atoms with Gasteiger partial charge in [-0.25, -0.2) is 0 Å². The fourth-order valence-electron chi connectivity index (χ4n) is 3.44. The van der Waals surface area contributed by atoms with Crippen LogP contribution >= 0.6 is 0 Å². The molecule has 2 rings (SSSR count). The van der Waals surface area contributed by atoms with E-state index in [-0.39, 0.29) is 12.0 Å². The van der Waals surface area contributed by atoms with E-state index in [0.717, 1.165) is 32.4 Å². The van der Waals surface area contributed by atoms with Crippen molar-refractivity contribution in [2.45, 2.75) is 44.8 Å². The van der Waals surface area contributed by atoms with E-state index >= 15 is 0 Å². The van der Waals surface area contributed by atoms with Crippen molar-refractivity contribution < 1.29 is 14.6 Å². The lowest BCUT2D eigenvalue weighted by atomic mass is 9.89. The van der Waals surface area contributed by atoms with Crippen LogP contribution < -0.4 is 5.32 Å². The molecule has 0 amide bonds.